The topological polar surface area (TPSA) is 40.5 Å². The number of carbonyl (C=O) groups excluding carboxylic acids is 1. The Kier molecular flexibility index (Phi) is 5.75. The molecule has 0 bridgehead atoms. The minimum Gasteiger partial charge on any atom is -0.395 e. The van der Waals surface area contributed by atoms with E-state index in [-0.39, 0.29) is 12.4 Å². The van der Waals surface area contributed by atoms with Crippen LogP contribution in [0.1, 0.15) is 23.7 Å². The summed E-state index contributed by atoms with van der Waals surface area (Å²) in [4.78, 5) is 13.9. The SMILES string of the molecule is CCCN(CCO)CC(=O)c1ccccc1. The molecule has 0 fully saturated rings. The van der Waals surface area contributed by atoms with Crippen LogP contribution >= 0.6 is 0 Å². The Bertz CT molecular complexity index is 305. The monoisotopic (exact) mass is 221 g/mol. The first kappa shape index (κ1) is 12.9. The maximum atomic E-state index is 11.9. The Morgan fingerprint density at radius 1 is 1.25 bits per heavy atom. The first-order valence-electron chi connectivity index (χ1n) is 5.69. The lowest BCUT2D eigenvalue weighted by Crippen LogP contribution is -2.33. The molecule has 0 atom stereocenters. The van der Waals surface area contributed by atoms with E-state index in [9.17, 15) is 4.79 Å². The quantitative estimate of drug-likeness (QED) is 0.711. The molecule has 88 valence electrons. The highest BCUT2D eigenvalue weighted by Gasteiger charge is 2.10. The summed E-state index contributed by atoms with van der Waals surface area (Å²) in [6.07, 6.45) is 0.988. The first-order valence-corrected chi connectivity index (χ1v) is 5.69. The molecule has 0 aliphatic heterocycles. The van der Waals surface area contributed by atoms with Gasteiger partial charge in [-0.2, -0.15) is 0 Å². The molecule has 0 unspecified atom stereocenters. The Hall–Kier alpha value is -1.19. The summed E-state index contributed by atoms with van der Waals surface area (Å²) in [6, 6.07) is 9.28. The summed E-state index contributed by atoms with van der Waals surface area (Å²) in [6.45, 7) is 3.96. The fourth-order valence-electron chi connectivity index (χ4n) is 1.65. The third-order valence-electron chi connectivity index (χ3n) is 2.42. The molecule has 0 saturated heterocycles. The van der Waals surface area contributed by atoms with Crippen molar-refractivity contribution in [2.24, 2.45) is 0 Å². The Morgan fingerprint density at radius 2 is 1.94 bits per heavy atom. The molecule has 0 aromatic heterocycles. The molecule has 1 aromatic rings. The van der Waals surface area contributed by atoms with Crippen molar-refractivity contribution >= 4 is 5.78 Å². The Morgan fingerprint density at radius 3 is 2.50 bits per heavy atom. The molecule has 3 nitrogen and oxygen atoms in total. The van der Waals surface area contributed by atoms with Crippen molar-refractivity contribution in [3.63, 3.8) is 0 Å². The molecule has 0 aliphatic rings. The zero-order chi connectivity index (χ0) is 11.8. The van der Waals surface area contributed by atoms with Crippen molar-refractivity contribution in [3.05, 3.63) is 35.9 Å². The maximum Gasteiger partial charge on any atom is 0.176 e. The van der Waals surface area contributed by atoms with Gasteiger partial charge in [-0.25, -0.2) is 0 Å². The number of benzene rings is 1. The van der Waals surface area contributed by atoms with Crippen molar-refractivity contribution in [1.82, 2.24) is 4.90 Å². The summed E-state index contributed by atoms with van der Waals surface area (Å²) in [7, 11) is 0. The number of hydrogen-bond donors (Lipinski definition) is 1. The average Bonchev–Trinajstić information content (AvgIpc) is 2.31. The molecule has 0 radical (unpaired) electrons. The Balaban J connectivity index is 2.54. The standard InChI is InChI=1S/C13H19NO2/c1-2-8-14(9-10-15)11-13(16)12-6-4-3-5-7-12/h3-7,15H,2,8-11H2,1H3. The predicted molar refractivity (Wildman–Crippen MR) is 64.6 cm³/mol. The molecule has 1 rings (SSSR count). The molecule has 1 N–H and O–H groups in total. The van der Waals surface area contributed by atoms with E-state index in [0.717, 1.165) is 18.5 Å². The van der Waals surface area contributed by atoms with Crippen LogP contribution in [-0.4, -0.2) is 42.0 Å². The lowest BCUT2D eigenvalue weighted by atomic mass is 10.1. The lowest BCUT2D eigenvalue weighted by Gasteiger charge is -2.19. The van der Waals surface area contributed by atoms with Crippen LogP contribution in [0.4, 0.5) is 0 Å². The van der Waals surface area contributed by atoms with Crippen LogP contribution in [0, 0.1) is 0 Å². The number of rotatable bonds is 7. The molecule has 16 heavy (non-hydrogen) atoms. The van der Waals surface area contributed by atoms with E-state index in [4.69, 9.17) is 5.11 Å². The zero-order valence-electron chi connectivity index (χ0n) is 9.72. The highest BCUT2D eigenvalue weighted by Crippen LogP contribution is 2.02. The average molecular weight is 221 g/mol. The molecule has 0 saturated carbocycles. The molecule has 0 amide bonds. The third kappa shape index (κ3) is 4.13. The van der Waals surface area contributed by atoms with Crippen molar-refractivity contribution in [2.75, 3.05) is 26.2 Å². The molecule has 0 aliphatic carbocycles. The minimum atomic E-state index is 0.0993. The molecular formula is C13H19NO2. The van der Waals surface area contributed by atoms with E-state index in [1.807, 2.05) is 35.2 Å². The van der Waals surface area contributed by atoms with Crippen LogP contribution in [0.2, 0.25) is 0 Å². The summed E-state index contributed by atoms with van der Waals surface area (Å²) >= 11 is 0. The van der Waals surface area contributed by atoms with E-state index in [1.165, 1.54) is 0 Å². The van der Waals surface area contributed by atoms with Crippen LogP contribution in [-0.2, 0) is 0 Å². The van der Waals surface area contributed by atoms with E-state index < -0.39 is 0 Å². The molecule has 0 heterocycles. The van der Waals surface area contributed by atoms with Gasteiger partial charge in [-0.05, 0) is 13.0 Å². The second kappa shape index (κ2) is 7.14. The van der Waals surface area contributed by atoms with Gasteiger partial charge >= 0.3 is 0 Å². The molecular weight excluding hydrogens is 202 g/mol. The second-order valence-corrected chi connectivity index (χ2v) is 3.79. The van der Waals surface area contributed by atoms with Crippen LogP contribution in [0.3, 0.4) is 0 Å². The van der Waals surface area contributed by atoms with Gasteiger partial charge in [0, 0.05) is 12.1 Å². The van der Waals surface area contributed by atoms with Gasteiger partial charge in [-0.3, -0.25) is 9.69 Å². The van der Waals surface area contributed by atoms with Gasteiger partial charge < -0.3 is 5.11 Å². The van der Waals surface area contributed by atoms with Crippen LogP contribution in [0.25, 0.3) is 0 Å². The number of aliphatic hydroxyl groups is 1. The fraction of sp³-hybridized carbons (Fsp3) is 0.462. The van der Waals surface area contributed by atoms with E-state index in [1.54, 1.807) is 0 Å². The molecule has 1 aromatic carbocycles. The number of aliphatic hydroxyl groups excluding tert-OH is 1. The fourth-order valence-corrected chi connectivity index (χ4v) is 1.65. The minimum absolute atomic E-state index is 0.0993. The number of Topliss-reactive ketones (excluding diaryl/α,β-unsaturated/α-hetero) is 1. The lowest BCUT2D eigenvalue weighted by molar-refractivity contribution is 0.0915. The smallest absolute Gasteiger partial charge is 0.176 e. The number of ketones is 1. The third-order valence-corrected chi connectivity index (χ3v) is 2.42. The zero-order valence-corrected chi connectivity index (χ0v) is 9.72. The van der Waals surface area contributed by atoms with Gasteiger partial charge in [0.05, 0.1) is 13.2 Å². The normalized spacial score (nSPS) is 10.7. The van der Waals surface area contributed by atoms with Gasteiger partial charge in [0.2, 0.25) is 0 Å². The van der Waals surface area contributed by atoms with Crippen molar-refractivity contribution in [2.45, 2.75) is 13.3 Å². The molecule has 0 spiro atoms. The van der Waals surface area contributed by atoms with Gasteiger partial charge in [0.25, 0.3) is 0 Å². The van der Waals surface area contributed by atoms with E-state index >= 15 is 0 Å². The second-order valence-electron chi connectivity index (χ2n) is 3.79. The predicted octanol–water partition coefficient (Wildman–Crippen LogP) is 1.57. The van der Waals surface area contributed by atoms with Crippen LogP contribution < -0.4 is 0 Å². The van der Waals surface area contributed by atoms with Gasteiger partial charge in [-0.15, -0.1) is 0 Å². The van der Waals surface area contributed by atoms with E-state index in [2.05, 4.69) is 6.92 Å². The Labute approximate surface area is 96.7 Å². The summed E-state index contributed by atoms with van der Waals surface area (Å²) in [5.74, 6) is 0.113. The van der Waals surface area contributed by atoms with Crippen molar-refractivity contribution < 1.29 is 9.90 Å². The number of carbonyl (C=O) groups is 1. The van der Waals surface area contributed by atoms with Gasteiger partial charge in [-0.1, -0.05) is 37.3 Å². The number of nitrogens with zero attached hydrogens (tertiary/aromatic N) is 1. The van der Waals surface area contributed by atoms with Crippen LogP contribution in [0.5, 0.6) is 0 Å². The van der Waals surface area contributed by atoms with Crippen molar-refractivity contribution in [3.8, 4) is 0 Å². The van der Waals surface area contributed by atoms with Gasteiger partial charge in [0.1, 0.15) is 0 Å². The summed E-state index contributed by atoms with van der Waals surface area (Å²) < 4.78 is 0. The first-order chi connectivity index (χ1) is 7.77. The highest BCUT2D eigenvalue weighted by atomic mass is 16.3. The van der Waals surface area contributed by atoms with E-state index in [0.29, 0.717) is 13.1 Å². The number of hydrogen-bond acceptors (Lipinski definition) is 3. The summed E-state index contributed by atoms with van der Waals surface area (Å²) in [5.41, 5.74) is 0.738. The molecule has 3 heteroatoms. The highest BCUT2D eigenvalue weighted by molar-refractivity contribution is 5.97. The maximum absolute atomic E-state index is 11.9. The van der Waals surface area contributed by atoms with Crippen LogP contribution in [0.15, 0.2) is 30.3 Å². The largest absolute Gasteiger partial charge is 0.395 e. The summed E-state index contributed by atoms with van der Waals surface area (Å²) in [5, 5.41) is 8.89. The van der Waals surface area contributed by atoms with Crippen molar-refractivity contribution in [1.29, 1.82) is 0 Å². The van der Waals surface area contributed by atoms with Gasteiger partial charge in [0.15, 0.2) is 5.78 Å².